The molecule has 4 aliphatic heterocycles. The van der Waals surface area contributed by atoms with Crippen LogP contribution in [0.4, 0.5) is 0 Å². The van der Waals surface area contributed by atoms with E-state index in [1.165, 1.54) is 13.8 Å². The van der Waals surface area contributed by atoms with Crippen LogP contribution in [0.1, 0.15) is 20.3 Å². The van der Waals surface area contributed by atoms with E-state index in [2.05, 4.69) is 0 Å². The summed E-state index contributed by atoms with van der Waals surface area (Å²) in [5.74, 6) is 0. The van der Waals surface area contributed by atoms with Gasteiger partial charge in [-0.2, -0.15) is 0 Å². The van der Waals surface area contributed by atoms with E-state index < -0.39 is 130 Å². The minimum atomic E-state index is -1.87. The fourth-order valence-corrected chi connectivity index (χ4v) is 5.39. The Labute approximate surface area is 240 Å². The molecule has 42 heavy (non-hydrogen) atoms. The van der Waals surface area contributed by atoms with E-state index >= 15 is 0 Å². The largest absolute Gasteiger partial charge is 0.394 e. The van der Waals surface area contributed by atoms with Crippen molar-refractivity contribution in [3.05, 3.63) is 0 Å². The minimum absolute atomic E-state index is 0.101. The maximum absolute atomic E-state index is 11.0. The van der Waals surface area contributed by atoms with E-state index in [-0.39, 0.29) is 6.42 Å². The van der Waals surface area contributed by atoms with Crippen LogP contribution in [-0.2, 0) is 33.2 Å². The third kappa shape index (κ3) is 6.91. The number of ether oxygens (including phenoxy) is 7. The third-order valence-corrected chi connectivity index (χ3v) is 8.00. The first-order chi connectivity index (χ1) is 19.8. The van der Waals surface area contributed by atoms with Gasteiger partial charge in [0.15, 0.2) is 25.2 Å². The van der Waals surface area contributed by atoms with Gasteiger partial charge in [0.25, 0.3) is 0 Å². The molecular formula is C24H42O18. The molecule has 18 heteroatoms. The Morgan fingerprint density at radius 2 is 1.00 bits per heavy atom. The second-order valence-corrected chi connectivity index (χ2v) is 11.0. The maximum atomic E-state index is 11.0. The Balaban J connectivity index is 1.43. The summed E-state index contributed by atoms with van der Waals surface area (Å²) >= 11 is 0. The van der Waals surface area contributed by atoms with Gasteiger partial charge in [-0.3, -0.25) is 0 Å². The molecular weight excluding hydrogens is 576 g/mol. The van der Waals surface area contributed by atoms with E-state index in [0.717, 1.165) is 0 Å². The quantitative estimate of drug-likeness (QED) is 0.120. The van der Waals surface area contributed by atoms with Crippen LogP contribution in [-0.4, -0.2) is 186 Å². The van der Waals surface area contributed by atoms with Gasteiger partial charge in [0.2, 0.25) is 0 Å². The molecule has 4 aliphatic rings. The molecule has 11 N–H and O–H groups in total. The molecule has 0 aromatic rings. The molecule has 0 bridgehead atoms. The SMILES string of the molecule is C[C@@H]1O[C@@H](O[C@@H]2[C@@H](O)[C@@H](O)O[C@H](CO)[C@@H]2O)[C@H](O)[C@H](O)[C@H]1O[C@H]1O[C@H](CO)[C@@H](O)[C@H](O[C@H]2O[C@H](C)[C@@H](O)C[C@@H]2O)[C@@H]1O. The first kappa shape index (κ1) is 34.2. The van der Waals surface area contributed by atoms with Gasteiger partial charge < -0.3 is 89.3 Å². The Morgan fingerprint density at radius 1 is 0.500 bits per heavy atom. The number of hydrogen-bond acceptors (Lipinski definition) is 18. The molecule has 0 aromatic heterocycles. The van der Waals surface area contributed by atoms with E-state index in [1.807, 2.05) is 0 Å². The zero-order valence-corrected chi connectivity index (χ0v) is 22.9. The number of aliphatic hydroxyl groups is 11. The topological polar surface area (TPSA) is 287 Å². The lowest BCUT2D eigenvalue weighted by Gasteiger charge is -2.48. The first-order valence-corrected chi connectivity index (χ1v) is 13.7. The van der Waals surface area contributed by atoms with Crippen LogP contribution in [0.15, 0.2) is 0 Å². The van der Waals surface area contributed by atoms with Crippen LogP contribution in [0.2, 0.25) is 0 Å². The van der Waals surface area contributed by atoms with Gasteiger partial charge in [-0.25, -0.2) is 0 Å². The van der Waals surface area contributed by atoms with Gasteiger partial charge in [0, 0.05) is 6.42 Å². The fourth-order valence-electron chi connectivity index (χ4n) is 5.39. The van der Waals surface area contributed by atoms with Gasteiger partial charge in [-0.05, 0) is 13.8 Å². The Morgan fingerprint density at radius 3 is 1.62 bits per heavy atom. The van der Waals surface area contributed by atoms with E-state index in [9.17, 15) is 56.2 Å². The van der Waals surface area contributed by atoms with Crippen molar-refractivity contribution < 1.29 is 89.3 Å². The molecule has 246 valence electrons. The first-order valence-electron chi connectivity index (χ1n) is 13.7. The van der Waals surface area contributed by atoms with Crippen LogP contribution in [0, 0.1) is 0 Å². The molecule has 4 fully saturated rings. The molecule has 0 spiro atoms. The lowest BCUT2D eigenvalue weighted by molar-refractivity contribution is -0.383. The monoisotopic (exact) mass is 618 g/mol. The molecule has 0 saturated carbocycles. The van der Waals surface area contributed by atoms with Crippen molar-refractivity contribution in [3.63, 3.8) is 0 Å². The predicted molar refractivity (Wildman–Crippen MR) is 130 cm³/mol. The summed E-state index contributed by atoms with van der Waals surface area (Å²) in [4.78, 5) is 0. The van der Waals surface area contributed by atoms with Crippen LogP contribution < -0.4 is 0 Å². The van der Waals surface area contributed by atoms with Crippen LogP contribution in [0.3, 0.4) is 0 Å². The van der Waals surface area contributed by atoms with Crippen LogP contribution in [0.25, 0.3) is 0 Å². The van der Waals surface area contributed by atoms with Crippen molar-refractivity contribution in [2.45, 2.75) is 137 Å². The minimum Gasteiger partial charge on any atom is -0.394 e. The zero-order valence-electron chi connectivity index (χ0n) is 22.9. The third-order valence-electron chi connectivity index (χ3n) is 8.00. The average Bonchev–Trinajstić information content (AvgIpc) is 2.95. The number of rotatable bonds is 8. The summed E-state index contributed by atoms with van der Waals surface area (Å²) in [5, 5.41) is 113. The highest BCUT2D eigenvalue weighted by atomic mass is 16.8. The van der Waals surface area contributed by atoms with E-state index in [0.29, 0.717) is 0 Å². The number of aliphatic hydroxyl groups excluding tert-OH is 11. The summed E-state index contributed by atoms with van der Waals surface area (Å²) in [6, 6.07) is 0. The van der Waals surface area contributed by atoms with Crippen molar-refractivity contribution in [2.24, 2.45) is 0 Å². The summed E-state index contributed by atoms with van der Waals surface area (Å²) in [6.07, 6.45) is -28.5. The van der Waals surface area contributed by atoms with Gasteiger partial charge in [0.05, 0.1) is 31.5 Å². The Bertz CT molecular complexity index is 854. The highest BCUT2D eigenvalue weighted by Gasteiger charge is 2.53. The summed E-state index contributed by atoms with van der Waals surface area (Å²) < 4.78 is 38.3. The maximum Gasteiger partial charge on any atom is 0.187 e. The lowest BCUT2D eigenvalue weighted by Crippen LogP contribution is -2.66. The highest BCUT2D eigenvalue weighted by Crippen LogP contribution is 2.33. The molecule has 4 rings (SSSR count). The van der Waals surface area contributed by atoms with Crippen molar-refractivity contribution in [1.82, 2.24) is 0 Å². The molecule has 4 saturated heterocycles. The lowest BCUT2D eigenvalue weighted by atomic mass is 9.96. The average molecular weight is 619 g/mol. The zero-order chi connectivity index (χ0) is 31.0. The highest BCUT2D eigenvalue weighted by molar-refractivity contribution is 4.96. The Hall–Kier alpha value is -0.720. The van der Waals surface area contributed by atoms with E-state index in [4.69, 9.17) is 33.2 Å². The van der Waals surface area contributed by atoms with Gasteiger partial charge in [-0.15, -0.1) is 0 Å². The van der Waals surface area contributed by atoms with Crippen molar-refractivity contribution in [3.8, 4) is 0 Å². The normalized spacial score (nSPS) is 54.1. The second-order valence-electron chi connectivity index (χ2n) is 11.0. The molecule has 0 unspecified atom stereocenters. The molecule has 0 aromatic carbocycles. The van der Waals surface area contributed by atoms with Gasteiger partial charge >= 0.3 is 0 Å². The fraction of sp³-hybridized carbons (Fsp3) is 1.00. The number of hydrogen-bond donors (Lipinski definition) is 11. The van der Waals surface area contributed by atoms with Crippen molar-refractivity contribution >= 4 is 0 Å². The molecule has 19 atom stereocenters. The molecule has 4 heterocycles. The van der Waals surface area contributed by atoms with Gasteiger partial charge in [-0.1, -0.05) is 0 Å². The van der Waals surface area contributed by atoms with Crippen molar-refractivity contribution in [2.75, 3.05) is 13.2 Å². The second kappa shape index (κ2) is 14.1. The van der Waals surface area contributed by atoms with Gasteiger partial charge in [0.1, 0.15) is 73.2 Å². The predicted octanol–water partition coefficient (Wildman–Crippen LogP) is -6.66. The molecule has 0 amide bonds. The summed E-state index contributed by atoms with van der Waals surface area (Å²) in [7, 11) is 0. The standard InChI is InChI=1S/C24H42O18/c1-6-8(27)3-9(28)22(36-6)41-20-13(30)11(5-26)39-24(17(20)34)40-18-7(2)37-23(15(32)14(18)31)42-19-12(29)10(4-25)38-21(35)16(19)33/h6-35H,3-5H2,1-2H3/t6-,7+,8+,9+,10-,11-,12+,13-,14+,15-,16-,17+,18+,19+,20+,21+,22-,23+,24-/m1/s1. The van der Waals surface area contributed by atoms with Crippen molar-refractivity contribution in [1.29, 1.82) is 0 Å². The summed E-state index contributed by atoms with van der Waals surface area (Å²) in [5.41, 5.74) is 0. The van der Waals surface area contributed by atoms with Crippen LogP contribution >= 0.6 is 0 Å². The van der Waals surface area contributed by atoms with Crippen LogP contribution in [0.5, 0.6) is 0 Å². The molecule has 0 radical (unpaired) electrons. The Kier molecular flexibility index (Phi) is 11.5. The summed E-state index contributed by atoms with van der Waals surface area (Å²) in [6.45, 7) is 1.47. The van der Waals surface area contributed by atoms with E-state index in [1.54, 1.807) is 0 Å². The molecule has 0 aliphatic carbocycles. The smallest absolute Gasteiger partial charge is 0.187 e. The molecule has 18 nitrogen and oxygen atoms in total.